The van der Waals surface area contributed by atoms with Gasteiger partial charge in [-0.1, -0.05) is 12.1 Å². The molecular formula is C21H23F3N4O7S. The van der Waals surface area contributed by atoms with Crippen LogP contribution < -0.4 is 24.2 Å². The molecule has 0 saturated heterocycles. The highest BCUT2D eigenvalue weighted by Crippen LogP contribution is 2.42. The summed E-state index contributed by atoms with van der Waals surface area (Å²) in [5, 5.41) is 11.6. The standard InChI is InChI=1S/C21H23F3N4O7S/c1-32-13-11-16(18(17(12-13)33-2)35-10-9-34-8-7-29)27-19-20(28-36(30,31)21(22,23)24)26-15-6-4-3-5-14(15)25-19/h3-6,11-12,29H,7-10H2,1-2H3,(H,25,27)(H,26,28). The maximum Gasteiger partial charge on any atom is 0.516 e. The van der Waals surface area contributed by atoms with Gasteiger partial charge in [0.25, 0.3) is 0 Å². The third-order valence-electron chi connectivity index (χ3n) is 4.55. The number of aromatic nitrogens is 2. The molecule has 0 fully saturated rings. The Kier molecular flexibility index (Phi) is 8.60. The van der Waals surface area contributed by atoms with Crippen molar-refractivity contribution in [3.05, 3.63) is 36.4 Å². The van der Waals surface area contributed by atoms with Crippen LogP contribution in [0.5, 0.6) is 17.2 Å². The third kappa shape index (κ3) is 6.35. The number of aliphatic hydroxyl groups excluding tert-OH is 1. The molecule has 36 heavy (non-hydrogen) atoms. The predicted molar refractivity (Wildman–Crippen MR) is 124 cm³/mol. The molecule has 0 bridgehead atoms. The first-order valence-electron chi connectivity index (χ1n) is 10.3. The second-order valence-electron chi connectivity index (χ2n) is 6.98. The van der Waals surface area contributed by atoms with Crippen molar-refractivity contribution in [2.24, 2.45) is 0 Å². The second kappa shape index (κ2) is 11.5. The van der Waals surface area contributed by atoms with E-state index in [1.807, 2.05) is 0 Å². The largest absolute Gasteiger partial charge is 0.516 e. The van der Waals surface area contributed by atoms with Crippen molar-refractivity contribution in [1.29, 1.82) is 0 Å². The SMILES string of the molecule is COc1cc(Nc2nc3ccccc3nc2NS(=O)(=O)C(F)(F)F)c(OCCOCCO)c(OC)c1. The Morgan fingerprint density at radius 2 is 1.64 bits per heavy atom. The second-order valence-corrected chi connectivity index (χ2v) is 8.65. The number of aliphatic hydroxyl groups is 1. The highest BCUT2D eigenvalue weighted by atomic mass is 32.2. The molecule has 0 aliphatic carbocycles. The Hall–Kier alpha value is -3.56. The topological polar surface area (TPSA) is 141 Å². The van der Waals surface area contributed by atoms with Crippen LogP contribution in [0.4, 0.5) is 30.5 Å². The molecule has 1 heterocycles. The highest BCUT2D eigenvalue weighted by molar-refractivity contribution is 7.93. The minimum Gasteiger partial charge on any atom is -0.497 e. The third-order valence-corrected chi connectivity index (χ3v) is 5.62. The minimum absolute atomic E-state index is 0.0222. The van der Waals surface area contributed by atoms with E-state index in [2.05, 4.69) is 15.3 Å². The van der Waals surface area contributed by atoms with Crippen molar-refractivity contribution in [2.45, 2.75) is 5.51 Å². The van der Waals surface area contributed by atoms with Crippen LogP contribution in [0.1, 0.15) is 0 Å². The van der Waals surface area contributed by atoms with Crippen molar-refractivity contribution in [1.82, 2.24) is 9.97 Å². The van der Waals surface area contributed by atoms with E-state index in [0.29, 0.717) is 5.75 Å². The number of ether oxygens (including phenoxy) is 4. The maximum absolute atomic E-state index is 13.1. The van der Waals surface area contributed by atoms with Gasteiger partial charge in [-0.25, -0.2) is 9.97 Å². The number of fused-ring (bicyclic) bond motifs is 1. The molecular weight excluding hydrogens is 509 g/mol. The lowest BCUT2D eigenvalue weighted by Gasteiger charge is -2.19. The Balaban J connectivity index is 2.08. The molecule has 2 aromatic carbocycles. The number of halogens is 3. The number of methoxy groups -OCH3 is 2. The van der Waals surface area contributed by atoms with E-state index in [9.17, 15) is 21.6 Å². The zero-order chi connectivity index (χ0) is 26.3. The van der Waals surface area contributed by atoms with Gasteiger partial charge in [-0.15, -0.1) is 0 Å². The predicted octanol–water partition coefficient (Wildman–Crippen LogP) is 3.04. The number of sulfonamides is 1. The fourth-order valence-electron chi connectivity index (χ4n) is 2.93. The smallest absolute Gasteiger partial charge is 0.497 e. The minimum atomic E-state index is -5.80. The van der Waals surface area contributed by atoms with Gasteiger partial charge in [0.2, 0.25) is 0 Å². The first-order chi connectivity index (χ1) is 17.1. The number of nitrogens with zero attached hydrogens (tertiary/aromatic N) is 2. The quantitative estimate of drug-likeness (QED) is 0.298. The molecule has 3 aromatic rings. The number of nitrogens with one attached hydrogen (secondary N) is 2. The monoisotopic (exact) mass is 532 g/mol. The fraction of sp³-hybridized carbons (Fsp3) is 0.333. The molecule has 0 spiro atoms. The van der Waals surface area contributed by atoms with Gasteiger partial charge in [0, 0.05) is 12.1 Å². The summed E-state index contributed by atoms with van der Waals surface area (Å²) in [5.41, 5.74) is -5.02. The van der Waals surface area contributed by atoms with E-state index >= 15 is 0 Å². The van der Waals surface area contributed by atoms with Gasteiger partial charge in [-0.3, -0.25) is 4.72 Å². The summed E-state index contributed by atoms with van der Waals surface area (Å²) < 4.78 is 85.9. The number of alkyl halides is 3. The van der Waals surface area contributed by atoms with E-state index in [4.69, 9.17) is 24.1 Å². The molecule has 0 amide bonds. The van der Waals surface area contributed by atoms with Crippen LogP contribution in [0.2, 0.25) is 0 Å². The number of rotatable bonds is 12. The molecule has 0 unspecified atom stereocenters. The van der Waals surface area contributed by atoms with Gasteiger partial charge in [0.05, 0.1) is 50.8 Å². The highest BCUT2D eigenvalue weighted by Gasteiger charge is 2.46. The molecule has 1 aromatic heterocycles. The van der Waals surface area contributed by atoms with E-state index in [1.54, 1.807) is 18.2 Å². The van der Waals surface area contributed by atoms with Gasteiger partial charge < -0.3 is 29.4 Å². The molecule has 3 rings (SSSR count). The number of para-hydroxylation sites is 2. The van der Waals surface area contributed by atoms with Crippen LogP contribution in [0.25, 0.3) is 11.0 Å². The van der Waals surface area contributed by atoms with E-state index in [-0.39, 0.29) is 60.5 Å². The molecule has 3 N–H and O–H groups in total. The first kappa shape index (κ1) is 27.0. The average molecular weight is 532 g/mol. The molecule has 11 nitrogen and oxygen atoms in total. The van der Waals surface area contributed by atoms with Crippen molar-refractivity contribution in [2.75, 3.05) is 50.7 Å². The Morgan fingerprint density at radius 3 is 2.22 bits per heavy atom. The number of hydrogen-bond acceptors (Lipinski definition) is 10. The maximum atomic E-state index is 13.1. The summed E-state index contributed by atoms with van der Waals surface area (Å²) in [5.74, 6) is -0.414. The molecule has 0 saturated carbocycles. The summed E-state index contributed by atoms with van der Waals surface area (Å²) in [6.07, 6.45) is 0. The summed E-state index contributed by atoms with van der Waals surface area (Å²) in [6.45, 7) is 0.0649. The zero-order valence-corrected chi connectivity index (χ0v) is 19.9. The van der Waals surface area contributed by atoms with Crippen LogP contribution in [0.3, 0.4) is 0 Å². The fourth-order valence-corrected chi connectivity index (χ4v) is 3.44. The van der Waals surface area contributed by atoms with Crippen molar-refractivity contribution >= 4 is 38.4 Å². The molecule has 0 atom stereocenters. The van der Waals surface area contributed by atoms with Crippen LogP contribution in [0.15, 0.2) is 36.4 Å². The van der Waals surface area contributed by atoms with Crippen LogP contribution in [0, 0.1) is 0 Å². The van der Waals surface area contributed by atoms with Crippen molar-refractivity contribution in [3.63, 3.8) is 0 Å². The Morgan fingerprint density at radius 1 is 0.972 bits per heavy atom. The van der Waals surface area contributed by atoms with E-state index in [1.165, 1.54) is 37.1 Å². The lowest BCUT2D eigenvalue weighted by atomic mass is 10.2. The summed E-state index contributed by atoms with van der Waals surface area (Å²) >= 11 is 0. The van der Waals surface area contributed by atoms with Gasteiger partial charge in [-0.2, -0.15) is 21.6 Å². The van der Waals surface area contributed by atoms with Crippen LogP contribution >= 0.6 is 0 Å². The summed E-state index contributed by atoms with van der Waals surface area (Å²) in [6, 6.07) is 9.18. The van der Waals surface area contributed by atoms with Gasteiger partial charge in [0.1, 0.15) is 12.4 Å². The van der Waals surface area contributed by atoms with E-state index in [0.717, 1.165) is 0 Å². The average Bonchev–Trinajstić information content (AvgIpc) is 2.83. The van der Waals surface area contributed by atoms with Crippen molar-refractivity contribution in [3.8, 4) is 17.2 Å². The number of anilines is 3. The molecule has 0 aliphatic heterocycles. The van der Waals surface area contributed by atoms with Crippen LogP contribution in [-0.2, 0) is 14.8 Å². The lowest BCUT2D eigenvalue weighted by molar-refractivity contribution is -0.0429. The number of hydrogen-bond donors (Lipinski definition) is 3. The normalized spacial score (nSPS) is 11.8. The first-order valence-corrected chi connectivity index (χ1v) is 11.8. The molecule has 15 heteroatoms. The van der Waals surface area contributed by atoms with E-state index < -0.39 is 21.3 Å². The van der Waals surface area contributed by atoms with Gasteiger partial charge >= 0.3 is 15.5 Å². The Labute approximate surface area is 204 Å². The summed E-state index contributed by atoms with van der Waals surface area (Å²) in [7, 11) is -3.05. The summed E-state index contributed by atoms with van der Waals surface area (Å²) in [4.78, 5) is 8.27. The Bertz CT molecular complexity index is 1310. The van der Waals surface area contributed by atoms with Gasteiger partial charge in [-0.05, 0) is 12.1 Å². The molecule has 0 aliphatic rings. The van der Waals surface area contributed by atoms with Gasteiger partial charge in [0.15, 0.2) is 23.1 Å². The lowest BCUT2D eigenvalue weighted by Crippen LogP contribution is -2.30. The zero-order valence-electron chi connectivity index (χ0n) is 19.1. The van der Waals surface area contributed by atoms with Crippen molar-refractivity contribution < 1.29 is 45.6 Å². The number of benzene rings is 2. The molecule has 196 valence electrons. The van der Waals surface area contributed by atoms with Crippen LogP contribution in [-0.4, -0.2) is 69.6 Å². The molecule has 0 radical (unpaired) electrons.